The second-order valence-corrected chi connectivity index (χ2v) is 7.89. The van der Waals surface area contributed by atoms with Crippen LogP contribution in [-0.4, -0.2) is 5.71 Å². The van der Waals surface area contributed by atoms with E-state index in [2.05, 4.69) is 36.4 Å². The van der Waals surface area contributed by atoms with Gasteiger partial charge in [-0.25, -0.2) is 0 Å². The fraction of sp³-hybridized carbons (Fsp3) is 0.476. The summed E-state index contributed by atoms with van der Waals surface area (Å²) in [6.07, 6.45) is 12.2. The summed E-state index contributed by atoms with van der Waals surface area (Å²) >= 11 is 6.91. The number of hydrogen-bond acceptors (Lipinski definition) is 1. The summed E-state index contributed by atoms with van der Waals surface area (Å²) < 4.78 is 0. The number of fused-ring (bicyclic) bond motifs is 6. The third kappa shape index (κ3) is 2.09. The maximum absolute atomic E-state index is 6.91. The van der Waals surface area contributed by atoms with Crippen molar-refractivity contribution in [2.24, 2.45) is 22.7 Å². The number of aliphatic imine (C=N–C) groups is 1. The van der Waals surface area contributed by atoms with Crippen LogP contribution < -0.4 is 0 Å². The van der Waals surface area contributed by atoms with Crippen LogP contribution in [0.2, 0.25) is 0 Å². The Morgan fingerprint density at radius 3 is 2.83 bits per heavy atom. The maximum atomic E-state index is 6.91. The topological polar surface area (TPSA) is 12.4 Å². The summed E-state index contributed by atoms with van der Waals surface area (Å²) in [5.41, 5.74) is 5.46. The number of halogens is 1. The highest BCUT2D eigenvalue weighted by Crippen LogP contribution is 2.50. The van der Waals surface area contributed by atoms with Gasteiger partial charge in [0.15, 0.2) is 0 Å². The van der Waals surface area contributed by atoms with Crippen molar-refractivity contribution in [3.05, 3.63) is 58.1 Å². The SMILES string of the molecule is ClC1=C2C=C[C@@H]3CCCCC3C2=NC2c3ccccc3CCC12. The summed E-state index contributed by atoms with van der Waals surface area (Å²) in [5.74, 6) is 1.67. The van der Waals surface area contributed by atoms with Crippen LogP contribution in [0.4, 0.5) is 0 Å². The Bertz CT molecular complexity index is 742. The standard InChI is InChI=1S/C21H22ClN/c22-19-17-11-9-13-5-1-3-7-15(13)20(17)23-21-16-8-4-2-6-14(16)10-12-18(19)21/h1,3,5,7,10,12,14,16-17,20H,2,4,6,8-9,11H2/t14-,16?,17?,20?/m0/s1. The molecule has 1 nitrogen and oxygen atoms in total. The summed E-state index contributed by atoms with van der Waals surface area (Å²) in [7, 11) is 0. The Balaban J connectivity index is 1.64. The van der Waals surface area contributed by atoms with Gasteiger partial charge in [-0.2, -0.15) is 0 Å². The number of aryl methyl sites for hydroxylation is 1. The van der Waals surface area contributed by atoms with E-state index in [0.717, 1.165) is 17.9 Å². The maximum Gasteiger partial charge on any atom is 0.0832 e. The zero-order chi connectivity index (χ0) is 15.4. The lowest BCUT2D eigenvalue weighted by atomic mass is 9.68. The molecule has 0 spiro atoms. The van der Waals surface area contributed by atoms with Crippen LogP contribution in [-0.2, 0) is 6.42 Å². The molecule has 1 aromatic rings. The highest BCUT2D eigenvalue weighted by molar-refractivity contribution is 6.33. The molecule has 118 valence electrons. The van der Waals surface area contributed by atoms with Crippen LogP contribution in [0.1, 0.15) is 49.3 Å². The van der Waals surface area contributed by atoms with E-state index in [-0.39, 0.29) is 6.04 Å². The molecular weight excluding hydrogens is 302 g/mol. The van der Waals surface area contributed by atoms with Gasteiger partial charge in [-0.05, 0) is 42.7 Å². The van der Waals surface area contributed by atoms with Crippen LogP contribution in [0.5, 0.6) is 0 Å². The zero-order valence-electron chi connectivity index (χ0n) is 13.3. The predicted octanol–water partition coefficient (Wildman–Crippen LogP) is 5.61. The third-order valence-electron chi connectivity index (χ3n) is 6.30. The van der Waals surface area contributed by atoms with Crippen LogP contribution >= 0.6 is 11.6 Å². The number of allylic oxidation sites excluding steroid dienone is 3. The number of benzene rings is 1. The highest BCUT2D eigenvalue weighted by atomic mass is 35.5. The molecule has 2 heteroatoms. The van der Waals surface area contributed by atoms with E-state index >= 15 is 0 Å². The average molecular weight is 324 g/mol. The second kappa shape index (κ2) is 5.34. The van der Waals surface area contributed by atoms with E-state index in [1.54, 1.807) is 0 Å². The van der Waals surface area contributed by atoms with Crippen LogP contribution in [0.3, 0.4) is 0 Å². The van der Waals surface area contributed by atoms with Crippen molar-refractivity contribution < 1.29 is 0 Å². The molecule has 1 heterocycles. The van der Waals surface area contributed by atoms with Gasteiger partial charge >= 0.3 is 0 Å². The molecule has 0 aromatic heterocycles. The predicted molar refractivity (Wildman–Crippen MR) is 95.9 cm³/mol. The molecule has 23 heavy (non-hydrogen) atoms. The van der Waals surface area contributed by atoms with E-state index in [0.29, 0.717) is 17.8 Å². The molecule has 0 bridgehead atoms. The molecule has 3 unspecified atom stereocenters. The van der Waals surface area contributed by atoms with Crippen molar-refractivity contribution in [2.45, 2.75) is 44.6 Å². The van der Waals surface area contributed by atoms with Gasteiger partial charge in [0, 0.05) is 28.2 Å². The molecule has 1 fully saturated rings. The minimum atomic E-state index is 0.250. The lowest BCUT2D eigenvalue weighted by molar-refractivity contribution is 0.346. The summed E-state index contributed by atoms with van der Waals surface area (Å²) in [4.78, 5) is 5.32. The first-order valence-electron chi connectivity index (χ1n) is 9.06. The number of hydrogen-bond donors (Lipinski definition) is 0. The smallest absolute Gasteiger partial charge is 0.0832 e. The lowest BCUT2D eigenvalue weighted by Crippen LogP contribution is -2.35. The normalized spacial score (nSPS) is 34.9. The number of rotatable bonds is 0. The van der Waals surface area contributed by atoms with E-state index in [4.69, 9.17) is 16.6 Å². The molecule has 5 rings (SSSR count). The van der Waals surface area contributed by atoms with E-state index in [1.165, 1.54) is 48.1 Å². The van der Waals surface area contributed by atoms with Gasteiger partial charge < -0.3 is 0 Å². The van der Waals surface area contributed by atoms with Gasteiger partial charge in [0.05, 0.1) is 6.04 Å². The van der Waals surface area contributed by atoms with Crippen molar-refractivity contribution in [3.63, 3.8) is 0 Å². The average Bonchev–Trinajstić information content (AvgIpc) is 2.61. The third-order valence-corrected chi connectivity index (χ3v) is 6.78. The monoisotopic (exact) mass is 323 g/mol. The Kier molecular flexibility index (Phi) is 3.26. The van der Waals surface area contributed by atoms with Gasteiger partial charge in [0.25, 0.3) is 0 Å². The van der Waals surface area contributed by atoms with E-state index in [1.807, 2.05) is 0 Å². The molecular formula is C21H22ClN. The largest absolute Gasteiger partial charge is 0.280 e. The fourth-order valence-electron chi connectivity index (χ4n) is 5.11. The van der Waals surface area contributed by atoms with Gasteiger partial charge in [0.2, 0.25) is 0 Å². The minimum Gasteiger partial charge on any atom is -0.280 e. The summed E-state index contributed by atoms with van der Waals surface area (Å²) in [6, 6.07) is 9.09. The van der Waals surface area contributed by atoms with Crippen LogP contribution in [0, 0.1) is 17.8 Å². The molecule has 4 aliphatic rings. The number of dihydropyridines is 1. The molecule has 1 aliphatic heterocycles. The first-order chi connectivity index (χ1) is 11.3. The van der Waals surface area contributed by atoms with Gasteiger partial charge in [-0.15, -0.1) is 0 Å². The molecule has 0 saturated heterocycles. The van der Waals surface area contributed by atoms with Gasteiger partial charge in [-0.3, -0.25) is 4.99 Å². The Morgan fingerprint density at radius 1 is 1.00 bits per heavy atom. The van der Waals surface area contributed by atoms with Gasteiger partial charge in [-0.1, -0.05) is 60.9 Å². The molecule has 1 aromatic carbocycles. The molecule has 3 aliphatic carbocycles. The number of nitrogens with zero attached hydrogens (tertiary/aromatic N) is 1. The zero-order valence-corrected chi connectivity index (χ0v) is 14.1. The molecule has 4 atom stereocenters. The summed E-state index contributed by atoms with van der Waals surface area (Å²) in [5, 5.41) is 1.08. The van der Waals surface area contributed by atoms with E-state index < -0.39 is 0 Å². The second-order valence-electron chi connectivity index (χ2n) is 7.48. The van der Waals surface area contributed by atoms with Crippen molar-refractivity contribution in [1.29, 1.82) is 0 Å². The van der Waals surface area contributed by atoms with Crippen molar-refractivity contribution in [3.8, 4) is 0 Å². The first kappa shape index (κ1) is 14.0. The molecule has 1 saturated carbocycles. The Hall–Kier alpha value is -1.34. The highest BCUT2D eigenvalue weighted by Gasteiger charge is 2.41. The van der Waals surface area contributed by atoms with Crippen LogP contribution in [0.25, 0.3) is 0 Å². The minimum absolute atomic E-state index is 0.250. The van der Waals surface area contributed by atoms with Crippen molar-refractivity contribution in [1.82, 2.24) is 0 Å². The summed E-state index contributed by atoms with van der Waals surface area (Å²) in [6.45, 7) is 0. The van der Waals surface area contributed by atoms with E-state index in [9.17, 15) is 0 Å². The molecule has 0 amide bonds. The van der Waals surface area contributed by atoms with Crippen molar-refractivity contribution in [2.75, 3.05) is 0 Å². The quantitative estimate of drug-likeness (QED) is 0.588. The Morgan fingerprint density at radius 2 is 1.87 bits per heavy atom. The molecule has 0 radical (unpaired) electrons. The van der Waals surface area contributed by atoms with Crippen LogP contribution in [0.15, 0.2) is 52.0 Å². The molecule has 0 N–H and O–H groups in total. The lowest BCUT2D eigenvalue weighted by Gasteiger charge is -2.41. The van der Waals surface area contributed by atoms with Gasteiger partial charge in [0.1, 0.15) is 0 Å². The first-order valence-corrected chi connectivity index (χ1v) is 9.44. The Labute approximate surface area is 143 Å². The van der Waals surface area contributed by atoms with Crippen molar-refractivity contribution >= 4 is 17.3 Å². The fourth-order valence-corrected chi connectivity index (χ4v) is 5.50.